The number of carbonyl (C=O) groups is 1. The molecule has 1 N–H and O–H groups in total. The first-order valence-electron chi connectivity index (χ1n) is 8.46. The number of thiazole rings is 1. The van der Waals surface area contributed by atoms with Gasteiger partial charge >= 0.3 is 0 Å². The number of rotatable bonds is 5. The van der Waals surface area contributed by atoms with Crippen molar-refractivity contribution in [1.29, 1.82) is 0 Å². The summed E-state index contributed by atoms with van der Waals surface area (Å²) < 4.78 is 3.62. The Morgan fingerprint density at radius 2 is 2.11 bits per heavy atom. The van der Waals surface area contributed by atoms with E-state index in [0.717, 1.165) is 33.3 Å². The van der Waals surface area contributed by atoms with Gasteiger partial charge in [-0.15, -0.1) is 11.3 Å². The summed E-state index contributed by atoms with van der Waals surface area (Å²) in [6, 6.07) is 11.9. The highest BCUT2D eigenvalue weighted by atomic mass is 32.1. The molecular formula is C19H18N6OS. The van der Waals surface area contributed by atoms with E-state index in [2.05, 4.69) is 20.6 Å². The van der Waals surface area contributed by atoms with Crippen LogP contribution in [-0.2, 0) is 11.3 Å². The molecular weight excluding hydrogens is 360 g/mol. The molecule has 3 heterocycles. The fourth-order valence-electron chi connectivity index (χ4n) is 2.91. The van der Waals surface area contributed by atoms with E-state index in [1.54, 1.807) is 22.2 Å². The summed E-state index contributed by atoms with van der Waals surface area (Å²) in [5.41, 5.74) is 7.06. The SMILES string of the molecule is Cc1cc(C)n(CC(=O)N/N=C/c2c(-c3ccccc3)nc3sccn23)n1. The number of amides is 1. The minimum atomic E-state index is -0.232. The number of aromatic nitrogens is 4. The Balaban J connectivity index is 1.55. The summed E-state index contributed by atoms with van der Waals surface area (Å²) >= 11 is 1.55. The first-order valence-corrected chi connectivity index (χ1v) is 9.34. The molecule has 0 saturated heterocycles. The number of nitrogens with zero attached hydrogens (tertiary/aromatic N) is 5. The van der Waals surface area contributed by atoms with Gasteiger partial charge in [0.1, 0.15) is 6.54 Å². The van der Waals surface area contributed by atoms with Crippen molar-refractivity contribution in [1.82, 2.24) is 24.6 Å². The fourth-order valence-corrected chi connectivity index (χ4v) is 3.63. The summed E-state index contributed by atoms with van der Waals surface area (Å²) in [6.45, 7) is 3.95. The molecule has 0 atom stereocenters. The van der Waals surface area contributed by atoms with Crippen molar-refractivity contribution >= 4 is 28.4 Å². The molecule has 0 saturated carbocycles. The summed E-state index contributed by atoms with van der Waals surface area (Å²) in [7, 11) is 0. The smallest absolute Gasteiger partial charge is 0.261 e. The summed E-state index contributed by atoms with van der Waals surface area (Å²) in [4.78, 5) is 17.7. The number of benzene rings is 1. The number of carbonyl (C=O) groups excluding carboxylic acids is 1. The Bertz CT molecular complexity index is 1120. The maximum Gasteiger partial charge on any atom is 0.261 e. The average Bonchev–Trinajstić information content (AvgIpc) is 3.32. The summed E-state index contributed by atoms with van der Waals surface area (Å²) in [5, 5.41) is 10.4. The third-order valence-electron chi connectivity index (χ3n) is 4.12. The highest BCUT2D eigenvalue weighted by Gasteiger charge is 2.13. The molecule has 0 bridgehead atoms. The number of imidazole rings is 1. The normalized spacial score (nSPS) is 11.5. The molecule has 0 aliphatic rings. The van der Waals surface area contributed by atoms with Gasteiger partial charge in [-0.2, -0.15) is 10.2 Å². The van der Waals surface area contributed by atoms with Gasteiger partial charge in [-0.05, 0) is 19.9 Å². The van der Waals surface area contributed by atoms with Gasteiger partial charge in [-0.1, -0.05) is 30.3 Å². The van der Waals surface area contributed by atoms with Gasteiger partial charge in [0, 0.05) is 22.8 Å². The number of nitrogens with one attached hydrogen (secondary N) is 1. The molecule has 0 fully saturated rings. The number of hydrazone groups is 1. The van der Waals surface area contributed by atoms with E-state index in [1.807, 2.05) is 66.2 Å². The highest BCUT2D eigenvalue weighted by Crippen LogP contribution is 2.25. The Morgan fingerprint density at radius 1 is 1.30 bits per heavy atom. The molecule has 3 aromatic heterocycles. The van der Waals surface area contributed by atoms with Crippen LogP contribution in [0, 0.1) is 13.8 Å². The molecule has 4 aromatic rings. The largest absolute Gasteiger partial charge is 0.289 e. The Kier molecular flexibility index (Phi) is 4.55. The van der Waals surface area contributed by atoms with Crippen LogP contribution in [0.4, 0.5) is 0 Å². The number of fused-ring (bicyclic) bond motifs is 1. The summed E-state index contributed by atoms with van der Waals surface area (Å²) in [6.07, 6.45) is 3.58. The third kappa shape index (κ3) is 3.52. The van der Waals surface area contributed by atoms with Crippen LogP contribution in [0.25, 0.3) is 16.2 Å². The van der Waals surface area contributed by atoms with Crippen molar-refractivity contribution in [2.24, 2.45) is 5.10 Å². The first kappa shape index (κ1) is 17.2. The average molecular weight is 378 g/mol. The van der Waals surface area contributed by atoms with Crippen LogP contribution >= 0.6 is 11.3 Å². The minimum absolute atomic E-state index is 0.128. The Hall–Kier alpha value is -3.26. The van der Waals surface area contributed by atoms with E-state index in [0.29, 0.717) is 0 Å². The van der Waals surface area contributed by atoms with E-state index in [1.165, 1.54) is 0 Å². The molecule has 8 heteroatoms. The van der Waals surface area contributed by atoms with E-state index >= 15 is 0 Å². The second kappa shape index (κ2) is 7.16. The maximum absolute atomic E-state index is 12.2. The summed E-state index contributed by atoms with van der Waals surface area (Å²) in [5.74, 6) is -0.232. The first-order chi connectivity index (χ1) is 13.1. The molecule has 0 aliphatic carbocycles. The van der Waals surface area contributed by atoms with Gasteiger partial charge in [0.05, 0.1) is 23.3 Å². The van der Waals surface area contributed by atoms with Crippen molar-refractivity contribution in [3.8, 4) is 11.3 Å². The molecule has 0 radical (unpaired) electrons. The maximum atomic E-state index is 12.2. The lowest BCUT2D eigenvalue weighted by atomic mass is 10.1. The molecule has 1 amide bonds. The number of hydrogen-bond donors (Lipinski definition) is 1. The van der Waals surface area contributed by atoms with Crippen molar-refractivity contribution in [3.05, 3.63) is 65.1 Å². The van der Waals surface area contributed by atoms with Gasteiger partial charge in [-0.25, -0.2) is 10.4 Å². The van der Waals surface area contributed by atoms with Crippen LogP contribution in [0.2, 0.25) is 0 Å². The van der Waals surface area contributed by atoms with Crippen molar-refractivity contribution < 1.29 is 4.79 Å². The fraction of sp³-hybridized carbons (Fsp3) is 0.158. The molecule has 1 aromatic carbocycles. The monoisotopic (exact) mass is 378 g/mol. The second-order valence-electron chi connectivity index (χ2n) is 6.15. The van der Waals surface area contributed by atoms with Gasteiger partial charge < -0.3 is 0 Å². The predicted molar refractivity (Wildman–Crippen MR) is 106 cm³/mol. The molecule has 0 unspecified atom stereocenters. The predicted octanol–water partition coefficient (Wildman–Crippen LogP) is 3.03. The van der Waals surface area contributed by atoms with Crippen molar-refractivity contribution in [2.75, 3.05) is 0 Å². The second-order valence-corrected chi connectivity index (χ2v) is 7.02. The highest BCUT2D eigenvalue weighted by molar-refractivity contribution is 7.15. The lowest BCUT2D eigenvalue weighted by Crippen LogP contribution is -2.24. The molecule has 0 spiro atoms. The van der Waals surface area contributed by atoms with Crippen LogP contribution in [0.1, 0.15) is 17.1 Å². The molecule has 7 nitrogen and oxygen atoms in total. The van der Waals surface area contributed by atoms with Gasteiger partial charge in [-0.3, -0.25) is 13.9 Å². The lowest BCUT2D eigenvalue weighted by Gasteiger charge is -2.03. The van der Waals surface area contributed by atoms with E-state index < -0.39 is 0 Å². The molecule has 136 valence electrons. The zero-order chi connectivity index (χ0) is 18.8. The van der Waals surface area contributed by atoms with Crippen LogP contribution in [0.3, 0.4) is 0 Å². The molecule has 0 aliphatic heterocycles. The zero-order valence-electron chi connectivity index (χ0n) is 15.0. The zero-order valence-corrected chi connectivity index (χ0v) is 15.8. The van der Waals surface area contributed by atoms with Gasteiger partial charge in [0.2, 0.25) is 0 Å². The van der Waals surface area contributed by atoms with Crippen molar-refractivity contribution in [3.63, 3.8) is 0 Å². The molecule has 27 heavy (non-hydrogen) atoms. The lowest BCUT2D eigenvalue weighted by molar-refractivity contribution is -0.121. The third-order valence-corrected chi connectivity index (χ3v) is 4.88. The van der Waals surface area contributed by atoms with E-state index in [-0.39, 0.29) is 12.5 Å². The van der Waals surface area contributed by atoms with Crippen LogP contribution in [0.15, 0.2) is 53.1 Å². The van der Waals surface area contributed by atoms with Crippen LogP contribution < -0.4 is 5.43 Å². The topological polar surface area (TPSA) is 76.6 Å². The van der Waals surface area contributed by atoms with Gasteiger partial charge in [0.25, 0.3) is 5.91 Å². The number of aryl methyl sites for hydroxylation is 2. The Morgan fingerprint density at radius 3 is 2.85 bits per heavy atom. The molecule has 4 rings (SSSR count). The Labute approximate surface area is 160 Å². The van der Waals surface area contributed by atoms with Crippen LogP contribution in [0.5, 0.6) is 0 Å². The van der Waals surface area contributed by atoms with Crippen LogP contribution in [-0.4, -0.2) is 31.3 Å². The quantitative estimate of drug-likeness (QED) is 0.428. The van der Waals surface area contributed by atoms with E-state index in [9.17, 15) is 4.79 Å². The van der Waals surface area contributed by atoms with Crippen molar-refractivity contribution in [2.45, 2.75) is 20.4 Å². The minimum Gasteiger partial charge on any atom is -0.289 e. The standard InChI is InChI=1S/C19H18N6OS/c1-13-10-14(2)25(23-13)12-17(26)22-20-11-16-18(15-6-4-3-5-7-15)21-19-24(16)8-9-27-19/h3-11H,12H2,1-2H3,(H,22,26)/b20-11+. The van der Waals surface area contributed by atoms with E-state index in [4.69, 9.17) is 0 Å². The van der Waals surface area contributed by atoms with Gasteiger partial charge in [0.15, 0.2) is 4.96 Å². The number of hydrogen-bond acceptors (Lipinski definition) is 5.